The van der Waals surface area contributed by atoms with Gasteiger partial charge in [0.05, 0.1) is 7.11 Å². The van der Waals surface area contributed by atoms with Gasteiger partial charge in [-0.3, -0.25) is 0 Å². The van der Waals surface area contributed by atoms with E-state index in [0.717, 1.165) is 0 Å². The molecule has 0 aromatic carbocycles. The van der Waals surface area contributed by atoms with Crippen molar-refractivity contribution in [2.24, 2.45) is 21.2 Å². The van der Waals surface area contributed by atoms with Gasteiger partial charge in [0, 0.05) is 10.8 Å². The van der Waals surface area contributed by atoms with Crippen LogP contribution in [0.15, 0.2) is 21.5 Å². The molecule has 3 aliphatic rings. The van der Waals surface area contributed by atoms with Crippen LogP contribution in [-0.2, 0) is 4.74 Å². The van der Waals surface area contributed by atoms with Crippen molar-refractivity contribution in [2.45, 2.75) is 52.6 Å². The van der Waals surface area contributed by atoms with Crippen molar-refractivity contribution in [3.63, 3.8) is 0 Å². The quantitative estimate of drug-likeness (QED) is 0.629. The molecule has 1 heterocycles. The van der Waals surface area contributed by atoms with Crippen molar-refractivity contribution in [1.82, 2.24) is 5.01 Å². The van der Waals surface area contributed by atoms with Crippen molar-refractivity contribution in [3.8, 4) is 0 Å². The zero-order valence-electron chi connectivity index (χ0n) is 12.7. The number of rotatable bonds is 0. The molecule has 5 nitrogen and oxygen atoms in total. The largest absolute Gasteiger partial charge is 0.451 e. The predicted octanol–water partition coefficient (Wildman–Crippen LogP) is 3.33. The van der Waals surface area contributed by atoms with Gasteiger partial charge in [0.1, 0.15) is 11.1 Å². The summed E-state index contributed by atoms with van der Waals surface area (Å²) in [5.74, 6) is 0. The van der Waals surface area contributed by atoms with E-state index in [1.165, 1.54) is 23.3 Å². The van der Waals surface area contributed by atoms with E-state index in [9.17, 15) is 4.79 Å². The standard InChI is InChI=1S/C14H21N3O2/c1-8-9(2)12(4)11(8,3)13(5)14(12,6)17(16-15-13)10(18)19-7/h1-7H3. The lowest BCUT2D eigenvalue weighted by molar-refractivity contribution is -0.225. The molecular weight excluding hydrogens is 242 g/mol. The van der Waals surface area contributed by atoms with E-state index in [1.807, 2.05) is 0 Å². The second-order valence-electron chi connectivity index (χ2n) is 6.62. The van der Waals surface area contributed by atoms with Crippen molar-refractivity contribution in [1.29, 1.82) is 0 Å². The number of carbonyl (C=O) groups excluding carboxylic acids is 1. The molecule has 0 spiro atoms. The molecule has 0 aromatic heterocycles. The maximum Gasteiger partial charge on any atom is 0.432 e. The molecule has 0 aromatic rings. The van der Waals surface area contributed by atoms with Gasteiger partial charge >= 0.3 is 6.09 Å². The van der Waals surface area contributed by atoms with Crippen molar-refractivity contribution in [3.05, 3.63) is 11.1 Å². The Balaban J connectivity index is 2.20. The smallest absolute Gasteiger partial charge is 0.432 e. The SMILES string of the molecule is COC(=O)N1N=NC2(C)C3(C)C(C)=C(C)C3(C)C12C. The Hall–Kier alpha value is -1.39. The summed E-state index contributed by atoms with van der Waals surface area (Å²) in [5, 5.41) is 10.0. The van der Waals surface area contributed by atoms with Crippen molar-refractivity contribution in [2.75, 3.05) is 7.11 Å². The van der Waals surface area contributed by atoms with E-state index >= 15 is 0 Å². The molecule has 0 saturated heterocycles. The maximum absolute atomic E-state index is 12.0. The van der Waals surface area contributed by atoms with E-state index in [4.69, 9.17) is 4.74 Å². The minimum absolute atomic E-state index is 0.0366. The normalized spacial score (nSPS) is 50.4. The van der Waals surface area contributed by atoms with Gasteiger partial charge in [0.25, 0.3) is 0 Å². The van der Waals surface area contributed by atoms with Gasteiger partial charge in [-0.15, -0.1) is 0 Å². The number of nitrogens with zero attached hydrogens (tertiary/aromatic N) is 3. The second kappa shape index (κ2) is 2.86. The molecule has 3 rings (SSSR count). The van der Waals surface area contributed by atoms with Gasteiger partial charge in [0.15, 0.2) is 0 Å². The van der Waals surface area contributed by atoms with Crippen LogP contribution in [-0.4, -0.2) is 29.3 Å². The topological polar surface area (TPSA) is 54.3 Å². The molecule has 1 aliphatic heterocycles. The highest BCUT2D eigenvalue weighted by molar-refractivity contribution is 5.73. The number of ether oxygens (including phenoxy) is 1. The molecule has 0 N–H and O–H groups in total. The fraction of sp³-hybridized carbons (Fsp3) is 0.786. The molecule has 5 heteroatoms. The van der Waals surface area contributed by atoms with Gasteiger partial charge in [-0.1, -0.05) is 30.2 Å². The van der Waals surface area contributed by atoms with E-state index in [1.54, 1.807) is 0 Å². The molecule has 2 aliphatic carbocycles. The Morgan fingerprint density at radius 2 is 1.63 bits per heavy atom. The maximum atomic E-state index is 12.0. The highest BCUT2D eigenvalue weighted by Gasteiger charge is 2.90. The van der Waals surface area contributed by atoms with Crippen molar-refractivity contribution < 1.29 is 9.53 Å². The number of amides is 1. The van der Waals surface area contributed by atoms with E-state index in [2.05, 4.69) is 51.9 Å². The van der Waals surface area contributed by atoms with Gasteiger partial charge in [0.2, 0.25) is 0 Å². The Bertz CT molecular complexity index is 569. The third-order valence-corrected chi connectivity index (χ3v) is 7.06. The number of fused-ring (bicyclic) bond motifs is 4. The van der Waals surface area contributed by atoms with E-state index in [0.29, 0.717) is 0 Å². The van der Waals surface area contributed by atoms with Crippen LogP contribution in [0.25, 0.3) is 0 Å². The number of hydrogen-bond donors (Lipinski definition) is 0. The summed E-state index contributed by atoms with van der Waals surface area (Å²) in [6, 6.07) is 0. The number of carbonyl (C=O) groups is 1. The highest BCUT2D eigenvalue weighted by Crippen LogP contribution is 2.84. The van der Waals surface area contributed by atoms with E-state index in [-0.39, 0.29) is 16.4 Å². The van der Waals surface area contributed by atoms with Crippen LogP contribution in [0.2, 0.25) is 0 Å². The Morgan fingerprint density at radius 3 is 2.16 bits per heavy atom. The first-order valence-electron chi connectivity index (χ1n) is 6.64. The molecule has 4 atom stereocenters. The van der Waals surface area contributed by atoms with Crippen LogP contribution in [0, 0.1) is 10.8 Å². The molecule has 4 unspecified atom stereocenters. The van der Waals surface area contributed by atoms with Crippen molar-refractivity contribution >= 4 is 6.09 Å². The summed E-state index contributed by atoms with van der Waals surface area (Å²) in [5.41, 5.74) is 1.75. The van der Waals surface area contributed by atoms with Gasteiger partial charge in [-0.25, -0.2) is 4.79 Å². The Labute approximate surface area is 113 Å². The summed E-state index contributed by atoms with van der Waals surface area (Å²) in [4.78, 5) is 12.0. The molecular formula is C14H21N3O2. The van der Waals surface area contributed by atoms with Crippen LogP contribution in [0.5, 0.6) is 0 Å². The van der Waals surface area contributed by atoms with Crippen LogP contribution in [0.4, 0.5) is 4.79 Å². The highest BCUT2D eigenvalue weighted by atomic mass is 16.5. The summed E-state index contributed by atoms with van der Waals surface area (Å²) in [7, 11) is 1.38. The van der Waals surface area contributed by atoms with Crippen LogP contribution in [0.1, 0.15) is 41.5 Å². The fourth-order valence-electron chi connectivity index (χ4n) is 5.20. The number of hydrogen-bond acceptors (Lipinski definition) is 4. The Morgan fingerprint density at radius 1 is 1.11 bits per heavy atom. The summed E-state index contributed by atoms with van der Waals surface area (Å²) < 4.78 is 4.86. The molecule has 1 saturated carbocycles. The van der Waals surface area contributed by atoms with Crippen LogP contribution in [0.3, 0.4) is 0 Å². The minimum Gasteiger partial charge on any atom is -0.451 e. The predicted molar refractivity (Wildman–Crippen MR) is 70.5 cm³/mol. The lowest BCUT2D eigenvalue weighted by atomic mass is 9.23. The number of methoxy groups -OCH3 is 1. The molecule has 1 fully saturated rings. The fourth-order valence-corrected chi connectivity index (χ4v) is 5.20. The third kappa shape index (κ3) is 0.753. The zero-order chi connectivity index (χ0) is 14.4. The van der Waals surface area contributed by atoms with Gasteiger partial charge < -0.3 is 4.74 Å². The lowest BCUT2D eigenvalue weighted by Crippen LogP contribution is -2.89. The average Bonchev–Trinajstić information content (AvgIpc) is 2.67. The van der Waals surface area contributed by atoms with Gasteiger partial charge in [-0.2, -0.15) is 10.1 Å². The monoisotopic (exact) mass is 263 g/mol. The summed E-state index contributed by atoms with van der Waals surface area (Å²) in [6.07, 6.45) is -0.435. The van der Waals surface area contributed by atoms with Crippen LogP contribution < -0.4 is 0 Å². The summed E-state index contributed by atoms with van der Waals surface area (Å²) >= 11 is 0. The first-order chi connectivity index (χ1) is 8.64. The average molecular weight is 263 g/mol. The zero-order valence-corrected chi connectivity index (χ0v) is 12.7. The molecule has 0 radical (unpaired) electrons. The minimum atomic E-state index is -0.453. The van der Waals surface area contributed by atoms with Crippen LogP contribution >= 0.6 is 0 Å². The third-order valence-electron chi connectivity index (χ3n) is 7.06. The molecule has 104 valence electrons. The molecule has 19 heavy (non-hydrogen) atoms. The first kappa shape index (κ1) is 12.6. The second-order valence-corrected chi connectivity index (χ2v) is 6.62. The molecule has 0 bridgehead atoms. The summed E-state index contributed by atoms with van der Waals surface area (Å²) in [6.45, 7) is 12.9. The molecule has 1 amide bonds. The van der Waals surface area contributed by atoms with Gasteiger partial charge in [-0.05, 0) is 27.7 Å². The van der Waals surface area contributed by atoms with E-state index < -0.39 is 11.6 Å². The first-order valence-corrected chi connectivity index (χ1v) is 6.64. The Kier molecular flexibility index (Phi) is 1.90. The lowest BCUT2D eigenvalue weighted by Gasteiger charge is -2.81.